The van der Waals surface area contributed by atoms with Crippen LogP contribution in [0.15, 0.2) is 24.4 Å². The molecule has 1 heterocycles. The first-order valence-corrected chi connectivity index (χ1v) is 4.46. The van der Waals surface area contributed by atoms with Crippen molar-refractivity contribution in [3.05, 3.63) is 30.1 Å². The van der Waals surface area contributed by atoms with E-state index in [1.807, 2.05) is 6.92 Å². The predicted molar refractivity (Wildman–Crippen MR) is 55.6 cm³/mol. The van der Waals surface area contributed by atoms with Crippen molar-refractivity contribution in [2.75, 3.05) is 6.54 Å². The van der Waals surface area contributed by atoms with Crippen LogP contribution in [0.4, 0.5) is 0 Å². The third kappa shape index (κ3) is 7.18. The van der Waals surface area contributed by atoms with Gasteiger partial charge in [0.2, 0.25) is 0 Å². The Morgan fingerprint density at radius 2 is 2.07 bits per heavy atom. The Labute approximate surface area is 88.1 Å². The van der Waals surface area contributed by atoms with Crippen LogP contribution in [0.3, 0.4) is 0 Å². The van der Waals surface area contributed by atoms with Crippen molar-refractivity contribution in [3.63, 3.8) is 0 Å². The lowest BCUT2D eigenvalue weighted by Gasteiger charge is -1.98. The molecule has 0 spiro atoms. The van der Waals surface area contributed by atoms with E-state index in [1.165, 1.54) is 0 Å². The highest BCUT2D eigenvalue weighted by atomic mass is 16.4. The van der Waals surface area contributed by atoms with Crippen molar-refractivity contribution in [2.45, 2.75) is 13.8 Å². The first kappa shape index (κ1) is 13.1. The minimum atomic E-state index is -0.833. The topological polar surface area (TPSA) is 79.3 Å². The highest BCUT2D eigenvalue weighted by molar-refractivity contribution is 5.92. The molecule has 0 saturated carbocycles. The lowest BCUT2D eigenvalue weighted by Crippen LogP contribution is -2.23. The fraction of sp³-hybridized carbons (Fsp3) is 0.300. The van der Waals surface area contributed by atoms with Crippen molar-refractivity contribution < 1.29 is 14.7 Å². The van der Waals surface area contributed by atoms with Gasteiger partial charge in [-0.1, -0.05) is 6.07 Å². The summed E-state index contributed by atoms with van der Waals surface area (Å²) in [5.41, 5.74) is 0.467. The molecule has 0 radical (unpaired) electrons. The molecule has 1 aromatic heterocycles. The number of aliphatic carboxylic acids is 1. The van der Waals surface area contributed by atoms with Gasteiger partial charge in [-0.15, -0.1) is 0 Å². The Bertz CT molecular complexity index is 308. The number of aromatic nitrogens is 1. The minimum Gasteiger partial charge on any atom is -0.481 e. The Morgan fingerprint density at radius 3 is 2.47 bits per heavy atom. The summed E-state index contributed by atoms with van der Waals surface area (Å²) in [5.74, 6) is -0.951. The van der Waals surface area contributed by atoms with Gasteiger partial charge in [-0.2, -0.15) is 0 Å². The largest absolute Gasteiger partial charge is 0.481 e. The molecule has 15 heavy (non-hydrogen) atoms. The minimum absolute atomic E-state index is 0.117. The molecule has 0 aliphatic heterocycles. The van der Waals surface area contributed by atoms with Crippen LogP contribution in [0, 0.1) is 0 Å². The summed E-state index contributed by atoms with van der Waals surface area (Å²) in [5, 5.41) is 10.1. The zero-order valence-corrected chi connectivity index (χ0v) is 8.73. The van der Waals surface area contributed by atoms with Crippen LogP contribution in [-0.4, -0.2) is 28.5 Å². The van der Waals surface area contributed by atoms with E-state index in [2.05, 4.69) is 10.3 Å². The van der Waals surface area contributed by atoms with Gasteiger partial charge < -0.3 is 10.4 Å². The van der Waals surface area contributed by atoms with Crippen LogP contribution < -0.4 is 5.32 Å². The van der Waals surface area contributed by atoms with Crippen LogP contribution >= 0.6 is 0 Å². The molecule has 1 aromatic rings. The van der Waals surface area contributed by atoms with Crippen LogP contribution in [0.1, 0.15) is 24.3 Å². The van der Waals surface area contributed by atoms with E-state index in [0.29, 0.717) is 12.2 Å². The van der Waals surface area contributed by atoms with E-state index in [9.17, 15) is 4.79 Å². The summed E-state index contributed by atoms with van der Waals surface area (Å²) in [6.45, 7) is 3.59. The number of hydrogen-bond acceptors (Lipinski definition) is 3. The predicted octanol–water partition coefficient (Wildman–Crippen LogP) is 0.922. The Morgan fingerprint density at radius 1 is 1.47 bits per heavy atom. The van der Waals surface area contributed by atoms with E-state index < -0.39 is 5.97 Å². The first-order valence-electron chi connectivity index (χ1n) is 4.46. The van der Waals surface area contributed by atoms with Crippen LogP contribution in [-0.2, 0) is 4.79 Å². The molecule has 5 heteroatoms. The second-order valence-corrected chi connectivity index (χ2v) is 2.59. The number of carbonyl (C=O) groups excluding carboxylic acids is 1. The van der Waals surface area contributed by atoms with Crippen molar-refractivity contribution >= 4 is 11.9 Å². The molecule has 1 rings (SSSR count). The Hall–Kier alpha value is -1.91. The molecule has 0 atom stereocenters. The van der Waals surface area contributed by atoms with Crippen molar-refractivity contribution in [1.82, 2.24) is 10.3 Å². The number of nitrogens with zero attached hydrogens (tertiary/aromatic N) is 1. The van der Waals surface area contributed by atoms with Crippen molar-refractivity contribution in [1.29, 1.82) is 0 Å². The highest BCUT2D eigenvalue weighted by Gasteiger charge is 2.01. The molecule has 0 saturated heterocycles. The number of carboxylic acids is 1. The average molecular weight is 210 g/mol. The van der Waals surface area contributed by atoms with Gasteiger partial charge in [-0.3, -0.25) is 14.6 Å². The molecule has 1 amide bonds. The second-order valence-electron chi connectivity index (χ2n) is 2.59. The number of amides is 1. The standard InChI is InChI=1S/C8H10N2O.C2H4O2/c1-2-9-8(11)7-5-3-4-6-10-7;1-2(3)4/h3-6H,2H2,1H3,(H,9,11);1H3,(H,3,4). The highest BCUT2D eigenvalue weighted by Crippen LogP contribution is 1.91. The number of carbonyl (C=O) groups is 2. The van der Waals surface area contributed by atoms with E-state index in [4.69, 9.17) is 9.90 Å². The normalized spacial score (nSPS) is 8.40. The van der Waals surface area contributed by atoms with Crippen LogP contribution in [0.2, 0.25) is 0 Å². The summed E-state index contributed by atoms with van der Waals surface area (Å²) in [6.07, 6.45) is 1.60. The Kier molecular flexibility index (Phi) is 6.54. The Balaban J connectivity index is 0.000000423. The van der Waals surface area contributed by atoms with E-state index >= 15 is 0 Å². The summed E-state index contributed by atoms with van der Waals surface area (Å²) in [4.78, 5) is 24.0. The number of pyridine rings is 1. The molecule has 0 fully saturated rings. The average Bonchev–Trinajstić information content (AvgIpc) is 2.19. The van der Waals surface area contributed by atoms with Gasteiger partial charge in [0.1, 0.15) is 5.69 Å². The molecule has 2 N–H and O–H groups in total. The van der Waals surface area contributed by atoms with Gasteiger partial charge in [0, 0.05) is 19.7 Å². The van der Waals surface area contributed by atoms with E-state index in [-0.39, 0.29) is 5.91 Å². The number of rotatable bonds is 2. The summed E-state index contributed by atoms with van der Waals surface area (Å²) in [6, 6.07) is 5.26. The molecule has 82 valence electrons. The summed E-state index contributed by atoms with van der Waals surface area (Å²) in [7, 11) is 0. The quantitative estimate of drug-likeness (QED) is 0.760. The molecule has 0 aliphatic rings. The number of hydrogen-bond donors (Lipinski definition) is 2. The summed E-state index contributed by atoms with van der Waals surface area (Å²) >= 11 is 0. The zero-order chi connectivity index (χ0) is 11.7. The molecule has 5 nitrogen and oxygen atoms in total. The van der Waals surface area contributed by atoms with Gasteiger partial charge >= 0.3 is 0 Å². The van der Waals surface area contributed by atoms with Gasteiger partial charge in [0.05, 0.1) is 0 Å². The first-order chi connectivity index (χ1) is 7.07. The van der Waals surface area contributed by atoms with E-state index in [0.717, 1.165) is 6.92 Å². The number of nitrogens with one attached hydrogen (secondary N) is 1. The molecule has 0 bridgehead atoms. The zero-order valence-electron chi connectivity index (χ0n) is 8.73. The monoisotopic (exact) mass is 210 g/mol. The van der Waals surface area contributed by atoms with Crippen molar-refractivity contribution in [2.24, 2.45) is 0 Å². The third-order valence-corrected chi connectivity index (χ3v) is 1.23. The van der Waals surface area contributed by atoms with Crippen molar-refractivity contribution in [3.8, 4) is 0 Å². The maximum absolute atomic E-state index is 11.1. The summed E-state index contributed by atoms with van der Waals surface area (Å²) < 4.78 is 0. The fourth-order valence-corrected chi connectivity index (χ4v) is 0.748. The van der Waals surface area contributed by atoms with Crippen LogP contribution in [0.25, 0.3) is 0 Å². The molecular weight excluding hydrogens is 196 g/mol. The maximum atomic E-state index is 11.1. The van der Waals surface area contributed by atoms with Gasteiger partial charge in [-0.05, 0) is 19.1 Å². The smallest absolute Gasteiger partial charge is 0.300 e. The fourth-order valence-electron chi connectivity index (χ4n) is 0.748. The maximum Gasteiger partial charge on any atom is 0.300 e. The molecular formula is C10H14N2O3. The second kappa shape index (κ2) is 7.49. The lowest BCUT2D eigenvalue weighted by atomic mass is 10.3. The van der Waals surface area contributed by atoms with E-state index in [1.54, 1.807) is 24.4 Å². The molecule has 0 aromatic carbocycles. The molecule has 0 aliphatic carbocycles. The number of carboxylic acid groups (broad SMARTS) is 1. The van der Waals surface area contributed by atoms with Gasteiger partial charge in [-0.25, -0.2) is 0 Å². The molecule has 0 unspecified atom stereocenters. The van der Waals surface area contributed by atoms with Gasteiger partial charge in [0.15, 0.2) is 0 Å². The lowest BCUT2D eigenvalue weighted by molar-refractivity contribution is -0.134. The van der Waals surface area contributed by atoms with Crippen LogP contribution in [0.5, 0.6) is 0 Å². The third-order valence-electron chi connectivity index (χ3n) is 1.23. The van der Waals surface area contributed by atoms with Gasteiger partial charge in [0.25, 0.3) is 11.9 Å². The SMILES string of the molecule is CC(=O)O.CCNC(=O)c1ccccn1.